The minimum atomic E-state index is -0.351. The summed E-state index contributed by atoms with van der Waals surface area (Å²) in [6.07, 6.45) is 1.82. The molecule has 0 radical (unpaired) electrons. The van der Waals surface area contributed by atoms with Gasteiger partial charge >= 0.3 is 0 Å². The summed E-state index contributed by atoms with van der Waals surface area (Å²) in [4.78, 5) is 12.6. The zero-order valence-electron chi connectivity index (χ0n) is 10.7. The Morgan fingerprint density at radius 2 is 1.65 bits per heavy atom. The summed E-state index contributed by atoms with van der Waals surface area (Å²) in [7, 11) is 0. The first kappa shape index (κ1) is 13.8. The van der Waals surface area contributed by atoms with Crippen LogP contribution in [-0.2, 0) is 10.2 Å². The predicted octanol–water partition coefficient (Wildman–Crippen LogP) is 4.88. The first-order chi connectivity index (χ1) is 9.62. The third-order valence-corrected chi connectivity index (χ3v) is 4.92. The Hall–Kier alpha value is -1.13. The van der Waals surface area contributed by atoms with Crippen molar-refractivity contribution in [3.8, 4) is 0 Å². The first-order valence-corrected chi connectivity index (χ1v) is 8.02. The number of halogens is 2. The molecule has 1 aliphatic carbocycles. The lowest BCUT2D eigenvalue weighted by Crippen LogP contribution is -2.27. The van der Waals surface area contributed by atoms with E-state index in [1.165, 1.54) is 0 Å². The maximum Gasteiger partial charge on any atom is 0.235 e. The van der Waals surface area contributed by atoms with E-state index in [0.717, 1.165) is 33.0 Å². The van der Waals surface area contributed by atoms with Crippen LogP contribution in [0.1, 0.15) is 18.4 Å². The number of nitrogens with one attached hydrogen (secondary N) is 1. The van der Waals surface area contributed by atoms with Crippen molar-refractivity contribution in [2.45, 2.75) is 18.3 Å². The fourth-order valence-electron chi connectivity index (χ4n) is 2.35. The topological polar surface area (TPSA) is 29.1 Å². The highest BCUT2D eigenvalue weighted by Gasteiger charge is 2.51. The lowest BCUT2D eigenvalue weighted by Gasteiger charge is -2.16. The number of carbonyl (C=O) groups excluding carboxylic acids is 1. The van der Waals surface area contributed by atoms with Gasteiger partial charge in [-0.15, -0.1) is 0 Å². The molecule has 0 spiro atoms. The molecule has 0 aromatic heterocycles. The third kappa shape index (κ3) is 2.54. The molecule has 2 nitrogen and oxygen atoms in total. The Morgan fingerprint density at radius 1 is 1.00 bits per heavy atom. The molecular formula is C16H13Br2NO. The predicted molar refractivity (Wildman–Crippen MR) is 87.8 cm³/mol. The van der Waals surface area contributed by atoms with E-state index in [1.807, 2.05) is 48.5 Å². The Bertz CT molecular complexity index is 648. The van der Waals surface area contributed by atoms with Crippen LogP contribution < -0.4 is 5.32 Å². The van der Waals surface area contributed by atoms with Crippen molar-refractivity contribution in [2.24, 2.45) is 0 Å². The summed E-state index contributed by atoms with van der Waals surface area (Å²) in [6, 6.07) is 15.7. The standard InChI is InChI=1S/C16H13Br2NO/c17-12-7-5-11(6-8-12)16(9-10-16)15(20)19-14-4-2-1-3-13(14)18/h1-8H,9-10H2,(H,19,20). The van der Waals surface area contributed by atoms with Crippen LogP contribution in [0, 0.1) is 0 Å². The largest absolute Gasteiger partial charge is 0.324 e. The number of benzene rings is 2. The number of hydrogen-bond acceptors (Lipinski definition) is 1. The van der Waals surface area contributed by atoms with Crippen LogP contribution in [0.2, 0.25) is 0 Å². The lowest BCUT2D eigenvalue weighted by molar-refractivity contribution is -0.118. The van der Waals surface area contributed by atoms with Gasteiger partial charge in [0.1, 0.15) is 0 Å². The molecule has 1 N–H and O–H groups in total. The average Bonchev–Trinajstić information content (AvgIpc) is 3.24. The molecule has 0 saturated heterocycles. The number of anilines is 1. The van der Waals surface area contributed by atoms with Crippen LogP contribution in [-0.4, -0.2) is 5.91 Å². The molecule has 1 aliphatic rings. The van der Waals surface area contributed by atoms with Gasteiger partial charge in [-0.3, -0.25) is 4.79 Å². The van der Waals surface area contributed by atoms with E-state index in [1.54, 1.807) is 0 Å². The van der Waals surface area contributed by atoms with Crippen molar-refractivity contribution < 1.29 is 4.79 Å². The van der Waals surface area contributed by atoms with Crippen LogP contribution in [0.3, 0.4) is 0 Å². The molecule has 2 aromatic carbocycles. The van der Waals surface area contributed by atoms with Crippen LogP contribution >= 0.6 is 31.9 Å². The molecule has 2 aromatic rings. The number of amides is 1. The Morgan fingerprint density at radius 3 is 2.25 bits per heavy atom. The summed E-state index contributed by atoms with van der Waals surface area (Å²) < 4.78 is 1.93. The molecule has 1 saturated carbocycles. The van der Waals surface area contributed by atoms with Gasteiger partial charge in [-0.1, -0.05) is 40.2 Å². The van der Waals surface area contributed by atoms with Crippen LogP contribution in [0.5, 0.6) is 0 Å². The first-order valence-electron chi connectivity index (χ1n) is 6.44. The molecule has 0 atom stereocenters. The van der Waals surface area contributed by atoms with E-state index in [2.05, 4.69) is 37.2 Å². The number of rotatable bonds is 3. The van der Waals surface area contributed by atoms with E-state index in [-0.39, 0.29) is 11.3 Å². The van der Waals surface area contributed by atoms with Crippen LogP contribution in [0.15, 0.2) is 57.5 Å². The Kier molecular flexibility index (Phi) is 3.69. The second-order valence-electron chi connectivity index (χ2n) is 5.02. The fraction of sp³-hybridized carbons (Fsp3) is 0.188. The average molecular weight is 395 g/mol. The smallest absolute Gasteiger partial charge is 0.235 e. The second-order valence-corrected chi connectivity index (χ2v) is 6.79. The molecule has 1 fully saturated rings. The minimum absolute atomic E-state index is 0.0757. The van der Waals surface area contributed by atoms with Crippen LogP contribution in [0.4, 0.5) is 5.69 Å². The molecule has 0 heterocycles. The number of hydrogen-bond donors (Lipinski definition) is 1. The van der Waals surface area contributed by atoms with Crippen molar-refractivity contribution in [1.29, 1.82) is 0 Å². The normalized spacial score (nSPS) is 15.7. The van der Waals surface area contributed by atoms with E-state index in [0.29, 0.717) is 0 Å². The summed E-state index contributed by atoms with van der Waals surface area (Å²) in [5, 5.41) is 3.03. The monoisotopic (exact) mass is 393 g/mol. The molecule has 0 aliphatic heterocycles. The molecule has 3 rings (SSSR count). The zero-order valence-corrected chi connectivity index (χ0v) is 13.9. The highest BCUT2D eigenvalue weighted by molar-refractivity contribution is 9.10. The number of carbonyl (C=O) groups is 1. The second kappa shape index (κ2) is 5.34. The van der Waals surface area contributed by atoms with Crippen molar-refractivity contribution in [3.63, 3.8) is 0 Å². The summed E-state index contributed by atoms with van der Waals surface area (Å²) >= 11 is 6.88. The van der Waals surface area contributed by atoms with E-state index < -0.39 is 0 Å². The summed E-state index contributed by atoms with van der Waals surface area (Å²) in [6.45, 7) is 0. The molecule has 0 bridgehead atoms. The van der Waals surface area contributed by atoms with Gasteiger partial charge in [0.2, 0.25) is 5.91 Å². The van der Waals surface area contributed by atoms with Gasteiger partial charge in [-0.05, 0) is 58.6 Å². The molecule has 102 valence electrons. The third-order valence-electron chi connectivity index (χ3n) is 3.70. The van der Waals surface area contributed by atoms with Gasteiger partial charge in [0.15, 0.2) is 0 Å². The highest BCUT2D eigenvalue weighted by atomic mass is 79.9. The van der Waals surface area contributed by atoms with E-state index >= 15 is 0 Å². The molecule has 20 heavy (non-hydrogen) atoms. The van der Waals surface area contributed by atoms with Gasteiger partial charge in [-0.25, -0.2) is 0 Å². The molecule has 1 amide bonds. The van der Waals surface area contributed by atoms with Crippen molar-refractivity contribution >= 4 is 43.5 Å². The SMILES string of the molecule is O=C(Nc1ccccc1Br)C1(c2ccc(Br)cc2)CC1. The lowest BCUT2D eigenvalue weighted by atomic mass is 9.95. The quantitative estimate of drug-likeness (QED) is 0.789. The van der Waals surface area contributed by atoms with Gasteiger partial charge in [0, 0.05) is 8.95 Å². The molecule has 0 unspecified atom stereocenters. The van der Waals surface area contributed by atoms with Gasteiger partial charge in [0.25, 0.3) is 0 Å². The maximum atomic E-state index is 12.6. The van der Waals surface area contributed by atoms with E-state index in [4.69, 9.17) is 0 Å². The Balaban J connectivity index is 1.84. The fourth-order valence-corrected chi connectivity index (χ4v) is 2.99. The van der Waals surface area contributed by atoms with Gasteiger partial charge in [0.05, 0.1) is 11.1 Å². The van der Waals surface area contributed by atoms with Crippen molar-refractivity contribution in [3.05, 3.63) is 63.0 Å². The summed E-state index contributed by atoms with van der Waals surface area (Å²) in [5.74, 6) is 0.0757. The molecule has 4 heteroatoms. The highest BCUT2D eigenvalue weighted by Crippen LogP contribution is 2.49. The maximum absolute atomic E-state index is 12.6. The minimum Gasteiger partial charge on any atom is -0.324 e. The van der Waals surface area contributed by atoms with E-state index in [9.17, 15) is 4.79 Å². The van der Waals surface area contributed by atoms with Crippen molar-refractivity contribution in [2.75, 3.05) is 5.32 Å². The Labute approximate surface area is 134 Å². The van der Waals surface area contributed by atoms with Gasteiger partial charge < -0.3 is 5.32 Å². The summed E-state index contributed by atoms with van der Waals surface area (Å²) in [5.41, 5.74) is 1.56. The molecular weight excluding hydrogens is 382 g/mol. The number of para-hydroxylation sites is 1. The van der Waals surface area contributed by atoms with Crippen molar-refractivity contribution in [1.82, 2.24) is 0 Å². The van der Waals surface area contributed by atoms with Gasteiger partial charge in [-0.2, -0.15) is 0 Å². The zero-order chi connectivity index (χ0) is 14.2. The van der Waals surface area contributed by atoms with Crippen LogP contribution in [0.25, 0.3) is 0 Å².